The first kappa shape index (κ1) is 13.1. The summed E-state index contributed by atoms with van der Waals surface area (Å²) in [7, 11) is 1.64. The highest BCUT2D eigenvalue weighted by molar-refractivity contribution is 5.89. The lowest BCUT2D eigenvalue weighted by Crippen LogP contribution is -2.10. The van der Waals surface area contributed by atoms with Crippen molar-refractivity contribution in [3.8, 4) is 0 Å². The molecular weight excluding hydrogens is 254 g/mol. The molecule has 0 aliphatic rings. The summed E-state index contributed by atoms with van der Waals surface area (Å²) in [6, 6.07) is 4.54. The van der Waals surface area contributed by atoms with E-state index in [4.69, 9.17) is 10.5 Å². The number of aromatic nitrogens is 1. The van der Waals surface area contributed by atoms with Crippen LogP contribution in [0, 0.1) is 11.6 Å². The monoisotopic (exact) mass is 266 g/mol. The molecule has 100 valence electrons. The molecule has 0 atom stereocenters. The summed E-state index contributed by atoms with van der Waals surface area (Å²) in [4.78, 5) is 11.7. The summed E-state index contributed by atoms with van der Waals surface area (Å²) in [5, 5.41) is 0. The maximum atomic E-state index is 13.3. The standard InChI is InChI=1S/C13H12F2N2O2/c1-17-6-10(16)5-12(17)13(18)19-7-8-2-3-9(14)4-11(8)15/h2-6H,7,16H2,1H3. The van der Waals surface area contributed by atoms with E-state index < -0.39 is 17.6 Å². The van der Waals surface area contributed by atoms with Crippen molar-refractivity contribution in [2.45, 2.75) is 6.61 Å². The van der Waals surface area contributed by atoms with E-state index in [9.17, 15) is 13.6 Å². The molecule has 0 radical (unpaired) electrons. The van der Waals surface area contributed by atoms with Crippen molar-refractivity contribution >= 4 is 11.7 Å². The largest absolute Gasteiger partial charge is 0.456 e. The van der Waals surface area contributed by atoms with Crippen LogP contribution in [-0.4, -0.2) is 10.5 Å². The molecule has 2 aromatic rings. The van der Waals surface area contributed by atoms with Crippen LogP contribution < -0.4 is 5.73 Å². The van der Waals surface area contributed by atoms with Crippen LogP contribution in [0.3, 0.4) is 0 Å². The first-order chi connectivity index (χ1) is 8.97. The third-order valence-corrected chi connectivity index (χ3v) is 2.61. The number of benzene rings is 1. The molecule has 19 heavy (non-hydrogen) atoms. The second-order valence-electron chi connectivity index (χ2n) is 4.08. The van der Waals surface area contributed by atoms with Gasteiger partial charge in [-0.15, -0.1) is 0 Å². The number of carbonyl (C=O) groups excluding carboxylic acids is 1. The molecule has 6 heteroatoms. The number of esters is 1. The van der Waals surface area contributed by atoms with Gasteiger partial charge in [0.2, 0.25) is 0 Å². The highest BCUT2D eigenvalue weighted by Gasteiger charge is 2.13. The van der Waals surface area contributed by atoms with Gasteiger partial charge in [-0.25, -0.2) is 13.6 Å². The number of hydrogen-bond acceptors (Lipinski definition) is 3. The number of nitrogen functional groups attached to an aromatic ring is 1. The lowest BCUT2D eigenvalue weighted by molar-refractivity contribution is 0.0457. The van der Waals surface area contributed by atoms with Gasteiger partial charge < -0.3 is 15.0 Å². The van der Waals surface area contributed by atoms with E-state index in [1.807, 2.05) is 0 Å². The fourth-order valence-electron chi connectivity index (χ4n) is 1.65. The normalized spacial score (nSPS) is 10.5. The summed E-state index contributed by atoms with van der Waals surface area (Å²) >= 11 is 0. The van der Waals surface area contributed by atoms with Gasteiger partial charge in [-0.05, 0) is 18.2 Å². The molecule has 2 N–H and O–H groups in total. The SMILES string of the molecule is Cn1cc(N)cc1C(=O)OCc1ccc(F)cc1F. The Labute approximate surface area is 108 Å². The predicted molar refractivity (Wildman–Crippen MR) is 65.3 cm³/mol. The van der Waals surface area contributed by atoms with Gasteiger partial charge in [-0.2, -0.15) is 0 Å². The molecule has 1 aromatic carbocycles. The van der Waals surface area contributed by atoms with E-state index in [-0.39, 0.29) is 17.9 Å². The van der Waals surface area contributed by atoms with Crippen molar-refractivity contribution in [3.63, 3.8) is 0 Å². The molecule has 0 bridgehead atoms. The molecular formula is C13H12F2N2O2. The van der Waals surface area contributed by atoms with Gasteiger partial charge >= 0.3 is 5.97 Å². The molecule has 4 nitrogen and oxygen atoms in total. The third-order valence-electron chi connectivity index (χ3n) is 2.61. The third kappa shape index (κ3) is 2.90. The minimum Gasteiger partial charge on any atom is -0.456 e. The number of ether oxygens (including phenoxy) is 1. The zero-order chi connectivity index (χ0) is 14.0. The summed E-state index contributed by atoms with van der Waals surface area (Å²) in [5.74, 6) is -2.05. The van der Waals surface area contributed by atoms with Gasteiger partial charge in [0.1, 0.15) is 23.9 Å². The van der Waals surface area contributed by atoms with Crippen molar-refractivity contribution in [1.29, 1.82) is 0 Å². The molecule has 1 aromatic heterocycles. The van der Waals surface area contributed by atoms with Crippen LogP contribution in [0.25, 0.3) is 0 Å². The Morgan fingerprint density at radius 3 is 2.68 bits per heavy atom. The van der Waals surface area contributed by atoms with Crippen LogP contribution in [0.4, 0.5) is 14.5 Å². The Hall–Kier alpha value is -2.37. The Kier molecular flexibility index (Phi) is 3.50. The van der Waals surface area contributed by atoms with Crippen molar-refractivity contribution < 1.29 is 18.3 Å². The number of rotatable bonds is 3. The van der Waals surface area contributed by atoms with E-state index in [2.05, 4.69) is 0 Å². The van der Waals surface area contributed by atoms with Crippen molar-refractivity contribution in [3.05, 3.63) is 53.4 Å². The summed E-state index contributed by atoms with van der Waals surface area (Å²) < 4.78 is 32.5. The summed E-state index contributed by atoms with van der Waals surface area (Å²) in [6.07, 6.45) is 1.56. The molecule has 0 unspecified atom stereocenters. The predicted octanol–water partition coefficient (Wildman–Crippen LogP) is 2.24. The lowest BCUT2D eigenvalue weighted by atomic mass is 10.2. The van der Waals surface area contributed by atoms with Gasteiger partial charge in [-0.1, -0.05) is 0 Å². The molecule has 0 saturated carbocycles. The van der Waals surface area contributed by atoms with Gasteiger partial charge in [-0.3, -0.25) is 0 Å². The smallest absolute Gasteiger partial charge is 0.355 e. The second kappa shape index (κ2) is 5.09. The number of hydrogen-bond donors (Lipinski definition) is 1. The highest BCUT2D eigenvalue weighted by Crippen LogP contribution is 2.14. The van der Waals surface area contributed by atoms with E-state index in [0.717, 1.165) is 12.1 Å². The summed E-state index contributed by atoms with van der Waals surface area (Å²) in [5.41, 5.74) is 6.34. The Bertz CT molecular complexity index is 623. The average molecular weight is 266 g/mol. The zero-order valence-electron chi connectivity index (χ0n) is 10.2. The maximum Gasteiger partial charge on any atom is 0.355 e. The Morgan fingerprint density at radius 1 is 1.37 bits per heavy atom. The number of halogens is 2. The van der Waals surface area contributed by atoms with Crippen molar-refractivity contribution in [1.82, 2.24) is 4.57 Å². The quantitative estimate of drug-likeness (QED) is 0.867. The van der Waals surface area contributed by atoms with Crippen LogP contribution >= 0.6 is 0 Å². The fourth-order valence-corrected chi connectivity index (χ4v) is 1.65. The molecule has 0 saturated heterocycles. The van der Waals surface area contributed by atoms with Crippen LogP contribution in [0.15, 0.2) is 30.5 Å². The fraction of sp³-hybridized carbons (Fsp3) is 0.154. The minimum atomic E-state index is -0.751. The molecule has 0 aliphatic carbocycles. The molecule has 0 aliphatic heterocycles. The van der Waals surface area contributed by atoms with Gasteiger partial charge in [0.05, 0.1) is 5.69 Å². The van der Waals surface area contributed by atoms with Crippen LogP contribution in [0.1, 0.15) is 16.1 Å². The first-order valence-corrected chi connectivity index (χ1v) is 5.50. The van der Waals surface area contributed by atoms with Gasteiger partial charge in [0.15, 0.2) is 0 Å². The topological polar surface area (TPSA) is 57.2 Å². The van der Waals surface area contributed by atoms with E-state index >= 15 is 0 Å². The number of nitrogens with zero attached hydrogens (tertiary/aromatic N) is 1. The summed E-state index contributed by atoms with van der Waals surface area (Å²) in [6.45, 7) is -0.268. The average Bonchev–Trinajstić information content (AvgIpc) is 2.67. The Morgan fingerprint density at radius 2 is 2.11 bits per heavy atom. The van der Waals surface area contributed by atoms with E-state index in [1.54, 1.807) is 13.2 Å². The van der Waals surface area contributed by atoms with Crippen molar-refractivity contribution in [2.75, 3.05) is 5.73 Å². The van der Waals surface area contributed by atoms with Crippen molar-refractivity contribution in [2.24, 2.45) is 7.05 Å². The second-order valence-corrected chi connectivity index (χ2v) is 4.08. The maximum absolute atomic E-state index is 13.3. The van der Waals surface area contributed by atoms with Crippen LogP contribution in [0.2, 0.25) is 0 Å². The molecule has 0 fully saturated rings. The minimum absolute atomic E-state index is 0.108. The van der Waals surface area contributed by atoms with Gasteiger partial charge in [0.25, 0.3) is 0 Å². The van der Waals surface area contributed by atoms with Crippen LogP contribution in [-0.2, 0) is 18.4 Å². The molecule has 0 amide bonds. The highest BCUT2D eigenvalue weighted by atomic mass is 19.1. The number of nitrogens with two attached hydrogens (primary N) is 1. The van der Waals surface area contributed by atoms with E-state index in [1.165, 1.54) is 16.7 Å². The first-order valence-electron chi connectivity index (χ1n) is 5.50. The zero-order valence-corrected chi connectivity index (χ0v) is 10.2. The van der Waals surface area contributed by atoms with E-state index in [0.29, 0.717) is 5.69 Å². The number of anilines is 1. The molecule has 1 heterocycles. The van der Waals surface area contributed by atoms with Crippen LogP contribution in [0.5, 0.6) is 0 Å². The van der Waals surface area contributed by atoms with Gasteiger partial charge in [0, 0.05) is 24.9 Å². The molecule has 2 rings (SSSR count). The number of aryl methyl sites for hydroxylation is 1. The molecule has 0 spiro atoms. The number of carbonyl (C=O) groups is 1. The lowest BCUT2D eigenvalue weighted by Gasteiger charge is -2.06. The Balaban J connectivity index is 2.06.